The van der Waals surface area contributed by atoms with Gasteiger partial charge in [-0.25, -0.2) is 0 Å². The maximum Gasteiger partial charge on any atom is 0.0633 e. The Morgan fingerprint density at radius 2 is 2.00 bits per heavy atom. The fraction of sp³-hybridized carbons (Fsp3) is 1.00. The monoisotopic (exact) mass is 194 g/mol. The van der Waals surface area contributed by atoms with Crippen molar-refractivity contribution in [1.29, 1.82) is 0 Å². The van der Waals surface area contributed by atoms with Gasteiger partial charge in [0.1, 0.15) is 0 Å². The SMILES string of the molecule is COC(C)(C)CC(C)Br. The topological polar surface area (TPSA) is 9.23 Å². The summed E-state index contributed by atoms with van der Waals surface area (Å²) in [4.78, 5) is 0.535. The second-order valence-electron chi connectivity index (χ2n) is 2.95. The Morgan fingerprint density at radius 3 is 2.11 bits per heavy atom. The van der Waals surface area contributed by atoms with Crippen molar-refractivity contribution in [1.82, 2.24) is 0 Å². The van der Waals surface area contributed by atoms with E-state index in [9.17, 15) is 0 Å². The van der Waals surface area contributed by atoms with E-state index in [0.717, 1.165) is 6.42 Å². The van der Waals surface area contributed by atoms with E-state index in [1.54, 1.807) is 7.11 Å². The van der Waals surface area contributed by atoms with Gasteiger partial charge in [-0.2, -0.15) is 0 Å². The number of ether oxygens (including phenoxy) is 1. The molecular formula is C7H15BrO. The molecule has 0 bridgehead atoms. The van der Waals surface area contributed by atoms with E-state index >= 15 is 0 Å². The van der Waals surface area contributed by atoms with Gasteiger partial charge in [0.15, 0.2) is 0 Å². The highest BCUT2D eigenvalue weighted by molar-refractivity contribution is 9.09. The summed E-state index contributed by atoms with van der Waals surface area (Å²) in [6.07, 6.45) is 1.05. The Balaban J connectivity index is 3.58. The van der Waals surface area contributed by atoms with Gasteiger partial charge >= 0.3 is 0 Å². The normalized spacial score (nSPS) is 15.7. The van der Waals surface area contributed by atoms with Gasteiger partial charge in [0.05, 0.1) is 5.60 Å². The Morgan fingerprint density at radius 1 is 1.56 bits per heavy atom. The number of hydrogen-bond donors (Lipinski definition) is 0. The summed E-state index contributed by atoms with van der Waals surface area (Å²) in [6, 6.07) is 0. The van der Waals surface area contributed by atoms with Crippen LogP contribution in [0.25, 0.3) is 0 Å². The molecule has 0 radical (unpaired) electrons. The standard InChI is InChI=1S/C7H15BrO/c1-6(8)5-7(2,3)9-4/h6H,5H2,1-4H3. The molecule has 0 aliphatic carbocycles. The molecule has 0 aliphatic rings. The van der Waals surface area contributed by atoms with Crippen molar-refractivity contribution in [2.45, 2.75) is 37.6 Å². The Hall–Kier alpha value is 0.440. The van der Waals surface area contributed by atoms with E-state index in [0.29, 0.717) is 4.83 Å². The summed E-state index contributed by atoms with van der Waals surface area (Å²) in [6.45, 7) is 6.30. The van der Waals surface area contributed by atoms with Crippen LogP contribution in [0.15, 0.2) is 0 Å². The lowest BCUT2D eigenvalue weighted by Crippen LogP contribution is -2.25. The van der Waals surface area contributed by atoms with Gasteiger partial charge in [0, 0.05) is 11.9 Å². The molecule has 0 aromatic heterocycles. The van der Waals surface area contributed by atoms with Crippen LogP contribution in [0.1, 0.15) is 27.2 Å². The maximum absolute atomic E-state index is 5.22. The van der Waals surface area contributed by atoms with Crippen LogP contribution in [0.2, 0.25) is 0 Å². The number of halogens is 1. The first kappa shape index (κ1) is 9.44. The lowest BCUT2D eigenvalue weighted by atomic mass is 10.0. The van der Waals surface area contributed by atoms with Crippen LogP contribution in [0.5, 0.6) is 0 Å². The second kappa shape index (κ2) is 3.57. The van der Waals surface area contributed by atoms with Crippen LogP contribution in [0.3, 0.4) is 0 Å². The molecule has 2 heteroatoms. The molecule has 0 fully saturated rings. The van der Waals surface area contributed by atoms with Crippen molar-refractivity contribution in [3.63, 3.8) is 0 Å². The third kappa shape index (κ3) is 4.91. The van der Waals surface area contributed by atoms with Crippen LogP contribution < -0.4 is 0 Å². The van der Waals surface area contributed by atoms with E-state index in [1.165, 1.54) is 0 Å². The third-order valence-electron chi connectivity index (χ3n) is 1.33. The first-order chi connectivity index (χ1) is 3.98. The quantitative estimate of drug-likeness (QED) is 0.629. The minimum absolute atomic E-state index is 0.0168. The highest BCUT2D eigenvalue weighted by Crippen LogP contribution is 2.19. The molecule has 0 aromatic carbocycles. The molecular weight excluding hydrogens is 180 g/mol. The molecule has 0 N–H and O–H groups in total. The number of methoxy groups -OCH3 is 1. The first-order valence-electron chi connectivity index (χ1n) is 3.17. The van der Waals surface area contributed by atoms with Gasteiger partial charge in [0.2, 0.25) is 0 Å². The summed E-state index contributed by atoms with van der Waals surface area (Å²) in [5, 5.41) is 0. The molecule has 9 heavy (non-hydrogen) atoms. The van der Waals surface area contributed by atoms with Crippen LogP contribution >= 0.6 is 15.9 Å². The summed E-state index contributed by atoms with van der Waals surface area (Å²) in [5.74, 6) is 0. The van der Waals surface area contributed by atoms with Gasteiger partial charge in [-0.3, -0.25) is 0 Å². The van der Waals surface area contributed by atoms with Gasteiger partial charge in [-0.1, -0.05) is 22.9 Å². The number of alkyl halides is 1. The minimum atomic E-state index is 0.0168. The van der Waals surface area contributed by atoms with Crippen LogP contribution in [-0.4, -0.2) is 17.5 Å². The lowest BCUT2D eigenvalue weighted by Gasteiger charge is -2.23. The van der Waals surface area contributed by atoms with E-state index in [2.05, 4.69) is 36.7 Å². The Labute approximate surface area is 65.9 Å². The molecule has 0 spiro atoms. The predicted molar refractivity (Wildman–Crippen MR) is 44.1 cm³/mol. The van der Waals surface area contributed by atoms with Crippen LogP contribution in [0, 0.1) is 0 Å². The van der Waals surface area contributed by atoms with Crippen molar-refractivity contribution < 1.29 is 4.74 Å². The summed E-state index contributed by atoms with van der Waals surface area (Å²) < 4.78 is 5.22. The molecule has 0 aliphatic heterocycles. The van der Waals surface area contributed by atoms with Crippen molar-refractivity contribution in [3.8, 4) is 0 Å². The van der Waals surface area contributed by atoms with Gasteiger partial charge in [-0.15, -0.1) is 0 Å². The van der Waals surface area contributed by atoms with Crippen molar-refractivity contribution in [2.75, 3.05) is 7.11 Å². The largest absolute Gasteiger partial charge is 0.379 e. The lowest BCUT2D eigenvalue weighted by molar-refractivity contribution is 0.0165. The zero-order chi connectivity index (χ0) is 7.49. The zero-order valence-corrected chi connectivity index (χ0v) is 8.16. The van der Waals surface area contributed by atoms with E-state index < -0.39 is 0 Å². The third-order valence-corrected chi connectivity index (χ3v) is 1.65. The molecule has 0 heterocycles. The highest BCUT2D eigenvalue weighted by atomic mass is 79.9. The molecule has 1 atom stereocenters. The predicted octanol–water partition coefficient (Wildman–Crippen LogP) is 2.58. The minimum Gasteiger partial charge on any atom is -0.379 e. The summed E-state index contributed by atoms with van der Waals surface area (Å²) in [7, 11) is 1.75. The fourth-order valence-electron chi connectivity index (χ4n) is 0.761. The smallest absolute Gasteiger partial charge is 0.0633 e. The molecule has 56 valence electrons. The zero-order valence-electron chi connectivity index (χ0n) is 6.57. The second-order valence-corrected chi connectivity index (χ2v) is 4.51. The van der Waals surface area contributed by atoms with Gasteiger partial charge in [-0.05, 0) is 20.3 Å². The molecule has 0 saturated heterocycles. The molecule has 0 saturated carbocycles. The average molecular weight is 195 g/mol. The average Bonchev–Trinajstić information content (AvgIpc) is 1.63. The van der Waals surface area contributed by atoms with Gasteiger partial charge < -0.3 is 4.74 Å². The Kier molecular flexibility index (Phi) is 3.74. The first-order valence-corrected chi connectivity index (χ1v) is 4.09. The molecule has 1 nitrogen and oxygen atoms in total. The molecule has 1 unspecified atom stereocenters. The van der Waals surface area contributed by atoms with Crippen LogP contribution in [0.4, 0.5) is 0 Å². The van der Waals surface area contributed by atoms with Crippen molar-refractivity contribution in [2.24, 2.45) is 0 Å². The highest BCUT2D eigenvalue weighted by Gasteiger charge is 2.17. The van der Waals surface area contributed by atoms with E-state index in [4.69, 9.17) is 4.74 Å². The van der Waals surface area contributed by atoms with E-state index in [-0.39, 0.29) is 5.60 Å². The number of hydrogen-bond acceptors (Lipinski definition) is 1. The van der Waals surface area contributed by atoms with Crippen molar-refractivity contribution >= 4 is 15.9 Å². The number of rotatable bonds is 3. The summed E-state index contributed by atoms with van der Waals surface area (Å²) in [5.41, 5.74) is 0.0168. The van der Waals surface area contributed by atoms with Crippen LogP contribution in [-0.2, 0) is 4.74 Å². The van der Waals surface area contributed by atoms with Crippen molar-refractivity contribution in [3.05, 3.63) is 0 Å². The summed E-state index contributed by atoms with van der Waals surface area (Å²) >= 11 is 3.47. The Bertz CT molecular complexity index is 79.0. The molecule has 0 aromatic rings. The maximum atomic E-state index is 5.22. The molecule has 0 rings (SSSR count). The molecule has 0 amide bonds. The van der Waals surface area contributed by atoms with Gasteiger partial charge in [0.25, 0.3) is 0 Å². The fourth-order valence-corrected chi connectivity index (χ4v) is 1.54. The van der Waals surface area contributed by atoms with E-state index in [1.807, 2.05) is 0 Å².